The van der Waals surface area contributed by atoms with E-state index in [0.29, 0.717) is 6.61 Å². The van der Waals surface area contributed by atoms with E-state index < -0.39 is 0 Å². The summed E-state index contributed by atoms with van der Waals surface area (Å²) in [6.45, 7) is 8.52. The number of hydrogen-bond donors (Lipinski definition) is 2. The molecule has 1 aliphatic heterocycles. The highest BCUT2D eigenvalue weighted by Gasteiger charge is 2.25. The summed E-state index contributed by atoms with van der Waals surface area (Å²) in [7, 11) is 1.85. The molecule has 7 heteroatoms. The van der Waals surface area contributed by atoms with Crippen LogP contribution in [-0.4, -0.2) is 55.7 Å². The number of nitrogens with one attached hydrogen (secondary N) is 2. The number of unbranched alkanes of at least 4 members (excludes halogenated alkanes) is 1. The fourth-order valence-electron chi connectivity index (χ4n) is 3.68. The van der Waals surface area contributed by atoms with Gasteiger partial charge in [0.15, 0.2) is 5.96 Å². The van der Waals surface area contributed by atoms with Gasteiger partial charge in [-0.1, -0.05) is 29.8 Å². The van der Waals surface area contributed by atoms with Crippen LogP contribution in [0.15, 0.2) is 47.6 Å². The van der Waals surface area contributed by atoms with Crippen molar-refractivity contribution in [2.45, 2.75) is 32.8 Å². The fourth-order valence-corrected chi connectivity index (χ4v) is 3.68. The zero-order valence-corrected chi connectivity index (χ0v) is 20.6. The first-order valence-electron chi connectivity index (χ1n) is 10.5. The second kappa shape index (κ2) is 12.7. The van der Waals surface area contributed by atoms with Crippen molar-refractivity contribution in [1.29, 1.82) is 0 Å². The molecule has 1 aliphatic rings. The van der Waals surface area contributed by atoms with Crippen LogP contribution in [0.3, 0.4) is 0 Å². The zero-order chi connectivity index (χ0) is 20.5. The van der Waals surface area contributed by atoms with Crippen molar-refractivity contribution < 1.29 is 4.74 Å². The molecule has 0 aliphatic carbocycles. The van der Waals surface area contributed by atoms with Gasteiger partial charge in [0.2, 0.25) is 0 Å². The van der Waals surface area contributed by atoms with Crippen LogP contribution in [0.5, 0.6) is 0 Å². The Morgan fingerprint density at radius 2 is 2.03 bits per heavy atom. The molecule has 3 rings (SSSR count). The smallest absolute Gasteiger partial charge is 0.193 e. The molecule has 1 atom stereocenters. The van der Waals surface area contributed by atoms with Gasteiger partial charge in [0.05, 0.1) is 13.2 Å². The van der Waals surface area contributed by atoms with E-state index in [-0.39, 0.29) is 30.1 Å². The van der Waals surface area contributed by atoms with Crippen LogP contribution in [0.25, 0.3) is 0 Å². The number of pyridine rings is 1. The topological polar surface area (TPSA) is 61.8 Å². The Kier molecular flexibility index (Phi) is 10.4. The van der Waals surface area contributed by atoms with Gasteiger partial charge in [-0.2, -0.15) is 0 Å². The Labute approximate surface area is 197 Å². The molecule has 1 aromatic carbocycles. The van der Waals surface area contributed by atoms with Crippen molar-refractivity contribution in [3.8, 4) is 0 Å². The van der Waals surface area contributed by atoms with Gasteiger partial charge < -0.3 is 20.3 Å². The Morgan fingerprint density at radius 1 is 1.20 bits per heavy atom. The van der Waals surface area contributed by atoms with Crippen molar-refractivity contribution in [1.82, 2.24) is 15.2 Å². The highest BCUT2D eigenvalue weighted by atomic mass is 127. The maximum Gasteiger partial charge on any atom is 0.193 e. The van der Waals surface area contributed by atoms with Crippen LogP contribution in [0.1, 0.15) is 35.6 Å². The van der Waals surface area contributed by atoms with Gasteiger partial charge in [0.25, 0.3) is 0 Å². The second-order valence-corrected chi connectivity index (χ2v) is 7.49. The van der Waals surface area contributed by atoms with E-state index in [1.54, 1.807) is 0 Å². The summed E-state index contributed by atoms with van der Waals surface area (Å²) in [6.07, 6.45) is 4.05. The van der Waals surface area contributed by atoms with Gasteiger partial charge in [-0.3, -0.25) is 4.99 Å². The number of anilines is 1. The minimum Gasteiger partial charge on any atom is -0.370 e. The van der Waals surface area contributed by atoms with E-state index in [0.717, 1.165) is 50.8 Å². The predicted molar refractivity (Wildman–Crippen MR) is 135 cm³/mol. The van der Waals surface area contributed by atoms with Crippen LogP contribution in [-0.2, 0) is 4.74 Å². The summed E-state index contributed by atoms with van der Waals surface area (Å²) in [5.74, 6) is 1.89. The molecular weight excluding hydrogens is 489 g/mol. The Morgan fingerprint density at radius 3 is 2.77 bits per heavy atom. The number of ether oxygens (including phenoxy) is 1. The zero-order valence-electron chi connectivity index (χ0n) is 18.2. The molecule has 1 unspecified atom stereocenters. The lowest BCUT2D eigenvalue weighted by Crippen LogP contribution is -2.48. The first kappa shape index (κ1) is 24.4. The molecule has 164 valence electrons. The van der Waals surface area contributed by atoms with E-state index >= 15 is 0 Å². The maximum atomic E-state index is 6.07. The van der Waals surface area contributed by atoms with Crippen molar-refractivity contribution in [3.05, 3.63) is 59.3 Å². The summed E-state index contributed by atoms with van der Waals surface area (Å²) in [4.78, 5) is 11.1. The summed E-state index contributed by atoms with van der Waals surface area (Å²) >= 11 is 0. The quantitative estimate of drug-likeness (QED) is 0.247. The number of rotatable bonds is 7. The van der Waals surface area contributed by atoms with Crippen molar-refractivity contribution in [2.75, 3.05) is 45.2 Å². The van der Waals surface area contributed by atoms with Gasteiger partial charge in [-0.25, -0.2) is 4.98 Å². The van der Waals surface area contributed by atoms with Crippen LogP contribution in [0.2, 0.25) is 0 Å². The number of aromatic nitrogens is 1. The van der Waals surface area contributed by atoms with Crippen LogP contribution in [0.4, 0.5) is 5.82 Å². The van der Waals surface area contributed by atoms with Crippen molar-refractivity contribution >= 4 is 35.8 Å². The molecule has 0 radical (unpaired) electrons. The van der Waals surface area contributed by atoms with E-state index in [4.69, 9.17) is 4.74 Å². The average molecular weight is 523 g/mol. The summed E-state index contributed by atoms with van der Waals surface area (Å²) in [5.41, 5.74) is 3.85. The van der Waals surface area contributed by atoms with Crippen LogP contribution >= 0.6 is 24.0 Å². The van der Waals surface area contributed by atoms with Crippen LogP contribution < -0.4 is 10.6 Å². The third-order valence-corrected chi connectivity index (χ3v) is 5.21. The highest BCUT2D eigenvalue weighted by molar-refractivity contribution is 14.0. The minimum absolute atomic E-state index is 0. The molecule has 2 aromatic rings. The number of guanidine groups is 1. The normalized spacial score (nSPS) is 16.7. The van der Waals surface area contributed by atoms with Gasteiger partial charge in [0.1, 0.15) is 11.9 Å². The molecule has 1 saturated heterocycles. The number of nitrogens with zero attached hydrogens (tertiary/aromatic N) is 3. The Hall–Kier alpha value is -1.87. The second-order valence-electron chi connectivity index (χ2n) is 7.49. The molecule has 0 spiro atoms. The van der Waals surface area contributed by atoms with E-state index in [1.807, 2.05) is 31.4 Å². The standard InChI is InChI=1S/C23H33N5O.HI/c1-18-9-10-20(19(2)16-18)21-17-28(14-15-29-21)23(24-3)27-13-7-6-12-26-22-8-4-5-11-25-22;/h4-5,8-11,16,21H,6-7,12-15,17H2,1-3H3,(H,24,27)(H,25,26);1H. The molecule has 0 bridgehead atoms. The Bertz CT molecular complexity index is 799. The monoisotopic (exact) mass is 523 g/mol. The predicted octanol–water partition coefficient (Wildman–Crippen LogP) is 4.16. The van der Waals surface area contributed by atoms with E-state index in [9.17, 15) is 0 Å². The number of halogens is 1. The van der Waals surface area contributed by atoms with Gasteiger partial charge in [-0.15, -0.1) is 24.0 Å². The first-order valence-corrected chi connectivity index (χ1v) is 10.5. The average Bonchev–Trinajstić information content (AvgIpc) is 2.74. The van der Waals surface area contributed by atoms with Gasteiger partial charge >= 0.3 is 0 Å². The van der Waals surface area contributed by atoms with Crippen LogP contribution in [0, 0.1) is 13.8 Å². The number of benzene rings is 1. The summed E-state index contributed by atoms with van der Waals surface area (Å²) in [6, 6.07) is 12.5. The fraction of sp³-hybridized carbons (Fsp3) is 0.478. The minimum atomic E-state index is 0. The molecule has 30 heavy (non-hydrogen) atoms. The maximum absolute atomic E-state index is 6.07. The third kappa shape index (κ3) is 7.12. The Balaban J connectivity index is 0.00000320. The SMILES string of the molecule is CN=C(NCCCCNc1ccccn1)N1CCOC(c2ccc(C)cc2C)C1.I. The van der Waals surface area contributed by atoms with Crippen molar-refractivity contribution in [3.63, 3.8) is 0 Å². The highest BCUT2D eigenvalue weighted by Crippen LogP contribution is 2.25. The first-order chi connectivity index (χ1) is 14.2. The van der Waals surface area contributed by atoms with E-state index in [2.05, 4.69) is 57.6 Å². The molecule has 1 aromatic heterocycles. The number of aryl methyl sites for hydroxylation is 2. The lowest BCUT2D eigenvalue weighted by Gasteiger charge is -2.36. The molecular formula is C23H34IN5O. The number of aliphatic imine (C=N–C) groups is 1. The van der Waals surface area contributed by atoms with Gasteiger partial charge in [-0.05, 0) is 49.9 Å². The van der Waals surface area contributed by atoms with Crippen molar-refractivity contribution in [2.24, 2.45) is 4.99 Å². The summed E-state index contributed by atoms with van der Waals surface area (Å²) < 4.78 is 6.07. The molecule has 2 heterocycles. The molecule has 0 saturated carbocycles. The number of morpholine rings is 1. The lowest BCUT2D eigenvalue weighted by molar-refractivity contribution is -0.00831. The molecule has 2 N–H and O–H groups in total. The molecule has 0 amide bonds. The van der Waals surface area contributed by atoms with E-state index in [1.165, 1.54) is 16.7 Å². The van der Waals surface area contributed by atoms with Gasteiger partial charge in [0, 0.05) is 32.9 Å². The number of hydrogen-bond acceptors (Lipinski definition) is 4. The molecule has 1 fully saturated rings. The third-order valence-electron chi connectivity index (χ3n) is 5.21. The largest absolute Gasteiger partial charge is 0.370 e. The lowest BCUT2D eigenvalue weighted by atomic mass is 10.00. The molecule has 6 nitrogen and oxygen atoms in total. The summed E-state index contributed by atoms with van der Waals surface area (Å²) in [5, 5.41) is 6.86.